The summed E-state index contributed by atoms with van der Waals surface area (Å²) in [6, 6.07) is 6.03. The largest absolute Gasteiger partial charge is 0.389 e. The van der Waals surface area contributed by atoms with Gasteiger partial charge in [-0.2, -0.15) is 0 Å². The highest BCUT2D eigenvalue weighted by molar-refractivity contribution is 5.03. The molecule has 106 valence electrons. The average molecular weight is 262 g/mol. The highest BCUT2D eigenvalue weighted by atomic mass is 16.3. The molecule has 1 heterocycles. The van der Waals surface area contributed by atoms with Gasteiger partial charge in [-0.05, 0) is 50.8 Å². The summed E-state index contributed by atoms with van der Waals surface area (Å²) in [5.41, 5.74) is 0.657. The number of rotatable bonds is 5. The number of hydrogen-bond acceptors (Lipinski definition) is 3. The minimum absolute atomic E-state index is 0.467. The van der Waals surface area contributed by atoms with Crippen LogP contribution in [0.3, 0.4) is 0 Å². The Hall–Kier alpha value is -0.930. The zero-order chi connectivity index (χ0) is 13.7. The van der Waals surface area contributed by atoms with Crippen LogP contribution in [0.5, 0.6) is 0 Å². The summed E-state index contributed by atoms with van der Waals surface area (Å²) < 4.78 is 0. The molecule has 1 aromatic rings. The molecule has 1 aliphatic carbocycles. The third kappa shape index (κ3) is 4.59. The van der Waals surface area contributed by atoms with E-state index in [1.54, 1.807) is 0 Å². The molecule has 0 atom stereocenters. The Labute approximate surface area is 116 Å². The summed E-state index contributed by atoms with van der Waals surface area (Å²) in [5.74, 6) is 0.777. The lowest BCUT2D eigenvalue weighted by atomic mass is 9.79. The number of pyridine rings is 1. The van der Waals surface area contributed by atoms with Crippen molar-refractivity contribution in [1.29, 1.82) is 0 Å². The Kier molecular flexibility index (Phi) is 4.94. The second kappa shape index (κ2) is 6.49. The Bertz CT molecular complexity index is 372. The minimum atomic E-state index is -0.467. The van der Waals surface area contributed by atoms with Crippen molar-refractivity contribution < 1.29 is 5.11 Å². The molecule has 1 aliphatic rings. The molecule has 0 radical (unpaired) electrons. The van der Waals surface area contributed by atoms with Crippen molar-refractivity contribution in [2.24, 2.45) is 5.92 Å². The van der Waals surface area contributed by atoms with Crippen molar-refractivity contribution in [1.82, 2.24) is 9.88 Å². The number of hydrogen-bond donors (Lipinski definition) is 1. The molecule has 0 amide bonds. The van der Waals surface area contributed by atoms with Gasteiger partial charge in [0.1, 0.15) is 0 Å². The topological polar surface area (TPSA) is 36.4 Å². The molecule has 3 heteroatoms. The normalized spacial score (nSPS) is 27.7. The van der Waals surface area contributed by atoms with Gasteiger partial charge in [0.25, 0.3) is 0 Å². The SMILES string of the molecule is CC1CCC(O)(CN(C)CCc2ccccn2)CC1. The first kappa shape index (κ1) is 14.5. The maximum atomic E-state index is 10.6. The Balaban J connectivity index is 1.76. The van der Waals surface area contributed by atoms with Crippen molar-refractivity contribution in [2.75, 3.05) is 20.1 Å². The molecule has 0 aromatic carbocycles. The predicted octanol–water partition coefficient (Wildman–Crippen LogP) is 2.50. The van der Waals surface area contributed by atoms with Crippen LogP contribution >= 0.6 is 0 Å². The molecular weight excluding hydrogens is 236 g/mol. The molecule has 3 nitrogen and oxygen atoms in total. The van der Waals surface area contributed by atoms with Crippen LogP contribution < -0.4 is 0 Å². The number of aromatic nitrogens is 1. The summed E-state index contributed by atoms with van der Waals surface area (Å²) in [6.45, 7) is 4.02. The second-order valence-electron chi connectivity index (χ2n) is 6.22. The molecule has 19 heavy (non-hydrogen) atoms. The van der Waals surface area contributed by atoms with Gasteiger partial charge >= 0.3 is 0 Å². The van der Waals surface area contributed by atoms with E-state index in [1.165, 1.54) is 0 Å². The van der Waals surface area contributed by atoms with E-state index in [1.807, 2.05) is 18.3 Å². The third-order valence-corrected chi connectivity index (χ3v) is 4.25. The third-order valence-electron chi connectivity index (χ3n) is 4.25. The van der Waals surface area contributed by atoms with Crippen molar-refractivity contribution in [3.8, 4) is 0 Å². The first-order valence-electron chi connectivity index (χ1n) is 7.38. The van der Waals surface area contributed by atoms with Gasteiger partial charge in [-0.15, -0.1) is 0 Å². The fraction of sp³-hybridized carbons (Fsp3) is 0.688. The van der Waals surface area contributed by atoms with E-state index in [2.05, 4.69) is 29.9 Å². The van der Waals surface area contributed by atoms with Crippen molar-refractivity contribution in [3.63, 3.8) is 0 Å². The summed E-state index contributed by atoms with van der Waals surface area (Å²) in [4.78, 5) is 6.58. The van der Waals surface area contributed by atoms with E-state index >= 15 is 0 Å². The van der Waals surface area contributed by atoms with E-state index in [0.29, 0.717) is 0 Å². The van der Waals surface area contributed by atoms with Gasteiger partial charge in [-0.25, -0.2) is 0 Å². The predicted molar refractivity (Wildman–Crippen MR) is 78.0 cm³/mol. The molecule has 0 aliphatic heterocycles. The Morgan fingerprint density at radius 1 is 1.37 bits per heavy atom. The lowest BCUT2D eigenvalue weighted by Crippen LogP contribution is -2.44. The van der Waals surface area contributed by atoms with Crippen LogP contribution in [-0.2, 0) is 6.42 Å². The monoisotopic (exact) mass is 262 g/mol. The molecular formula is C16H26N2O. The van der Waals surface area contributed by atoms with Crippen LogP contribution in [0.2, 0.25) is 0 Å². The summed E-state index contributed by atoms with van der Waals surface area (Å²) >= 11 is 0. The van der Waals surface area contributed by atoms with E-state index in [0.717, 1.165) is 56.8 Å². The highest BCUT2D eigenvalue weighted by Crippen LogP contribution is 2.32. The van der Waals surface area contributed by atoms with Crippen LogP contribution in [0, 0.1) is 5.92 Å². The van der Waals surface area contributed by atoms with Crippen LogP contribution in [0.1, 0.15) is 38.3 Å². The Morgan fingerprint density at radius 2 is 2.11 bits per heavy atom. The van der Waals surface area contributed by atoms with E-state index < -0.39 is 5.60 Å². The molecule has 1 N–H and O–H groups in total. The second-order valence-corrected chi connectivity index (χ2v) is 6.22. The van der Waals surface area contributed by atoms with Crippen molar-refractivity contribution in [3.05, 3.63) is 30.1 Å². The van der Waals surface area contributed by atoms with E-state index in [-0.39, 0.29) is 0 Å². The lowest BCUT2D eigenvalue weighted by Gasteiger charge is -2.37. The van der Waals surface area contributed by atoms with Crippen LogP contribution in [-0.4, -0.2) is 40.7 Å². The number of likely N-dealkylation sites (N-methyl/N-ethyl adjacent to an activating group) is 1. The molecule has 2 rings (SSSR count). The number of aliphatic hydroxyl groups is 1. The molecule has 1 fully saturated rings. The molecule has 0 spiro atoms. The summed E-state index contributed by atoms with van der Waals surface area (Å²) in [6.07, 6.45) is 6.99. The zero-order valence-corrected chi connectivity index (χ0v) is 12.2. The van der Waals surface area contributed by atoms with Crippen LogP contribution in [0.15, 0.2) is 24.4 Å². The van der Waals surface area contributed by atoms with Crippen LogP contribution in [0.4, 0.5) is 0 Å². The number of nitrogens with zero attached hydrogens (tertiary/aromatic N) is 2. The first-order valence-corrected chi connectivity index (χ1v) is 7.38. The summed E-state index contributed by atoms with van der Waals surface area (Å²) in [5, 5.41) is 10.6. The smallest absolute Gasteiger partial charge is 0.0774 e. The van der Waals surface area contributed by atoms with Gasteiger partial charge in [-0.1, -0.05) is 13.0 Å². The van der Waals surface area contributed by atoms with E-state index in [9.17, 15) is 5.11 Å². The van der Waals surface area contributed by atoms with Crippen molar-refractivity contribution >= 4 is 0 Å². The van der Waals surface area contributed by atoms with Crippen LogP contribution in [0.25, 0.3) is 0 Å². The molecule has 1 saturated carbocycles. The quantitative estimate of drug-likeness (QED) is 0.885. The van der Waals surface area contributed by atoms with Crippen molar-refractivity contribution in [2.45, 2.75) is 44.6 Å². The maximum absolute atomic E-state index is 10.6. The molecule has 0 unspecified atom stereocenters. The zero-order valence-electron chi connectivity index (χ0n) is 12.2. The maximum Gasteiger partial charge on any atom is 0.0774 e. The molecule has 1 aromatic heterocycles. The van der Waals surface area contributed by atoms with Gasteiger partial charge in [0, 0.05) is 31.4 Å². The van der Waals surface area contributed by atoms with Gasteiger partial charge in [0.05, 0.1) is 5.60 Å². The average Bonchev–Trinajstić information content (AvgIpc) is 2.41. The highest BCUT2D eigenvalue weighted by Gasteiger charge is 2.32. The lowest BCUT2D eigenvalue weighted by molar-refractivity contribution is -0.0299. The van der Waals surface area contributed by atoms with Gasteiger partial charge in [0.15, 0.2) is 0 Å². The van der Waals surface area contributed by atoms with Gasteiger partial charge < -0.3 is 10.0 Å². The standard InChI is InChI=1S/C16H26N2O/c1-14-6-9-16(19,10-7-14)13-18(2)12-8-15-5-3-4-11-17-15/h3-5,11,14,19H,6-10,12-13H2,1-2H3. The fourth-order valence-electron chi connectivity index (χ4n) is 2.89. The molecule has 0 saturated heterocycles. The summed E-state index contributed by atoms with van der Waals surface area (Å²) in [7, 11) is 2.10. The first-order chi connectivity index (χ1) is 9.07. The molecule has 0 bridgehead atoms. The Morgan fingerprint density at radius 3 is 2.74 bits per heavy atom. The fourth-order valence-corrected chi connectivity index (χ4v) is 2.89. The van der Waals surface area contributed by atoms with Gasteiger partial charge in [-0.3, -0.25) is 4.98 Å². The van der Waals surface area contributed by atoms with E-state index in [4.69, 9.17) is 0 Å². The van der Waals surface area contributed by atoms with Gasteiger partial charge in [0.2, 0.25) is 0 Å². The minimum Gasteiger partial charge on any atom is -0.389 e.